The van der Waals surface area contributed by atoms with Crippen LogP contribution >= 0.6 is 11.3 Å². The minimum atomic E-state index is 0.580. The van der Waals surface area contributed by atoms with Gasteiger partial charge < -0.3 is 10.6 Å². The number of nitrogens with one attached hydrogen (secondary N) is 2. The fourth-order valence-corrected chi connectivity index (χ4v) is 3.38. The predicted molar refractivity (Wildman–Crippen MR) is 107 cm³/mol. The van der Waals surface area contributed by atoms with E-state index < -0.39 is 0 Å². The fraction of sp³-hybridized carbons (Fsp3) is 0.316. The Morgan fingerprint density at radius 1 is 1.15 bits per heavy atom. The highest BCUT2D eigenvalue weighted by atomic mass is 32.1. The number of hydrogen-bond acceptors (Lipinski definition) is 4. The van der Waals surface area contributed by atoms with E-state index in [4.69, 9.17) is 0 Å². The van der Waals surface area contributed by atoms with Gasteiger partial charge in [0.15, 0.2) is 11.8 Å². The maximum atomic E-state index is 4.69. The molecule has 26 heavy (non-hydrogen) atoms. The van der Waals surface area contributed by atoms with Crippen LogP contribution in [0, 0.1) is 0 Å². The minimum absolute atomic E-state index is 0.580. The quantitative estimate of drug-likeness (QED) is 0.497. The molecular formula is C19H24N6S. The Balaban J connectivity index is 1.64. The fourth-order valence-electron chi connectivity index (χ4n) is 2.48. The third kappa shape index (κ3) is 4.92. The summed E-state index contributed by atoms with van der Waals surface area (Å²) >= 11 is 1.84. The molecular weight excluding hydrogens is 344 g/mol. The molecule has 136 valence electrons. The summed E-state index contributed by atoms with van der Waals surface area (Å²) in [5.74, 6) is 1.61. The molecule has 0 atom stereocenters. The molecule has 7 heteroatoms. The van der Waals surface area contributed by atoms with E-state index in [2.05, 4.69) is 51.7 Å². The lowest BCUT2D eigenvalue weighted by Gasteiger charge is -2.10. The molecule has 0 unspecified atom stereocenters. The summed E-state index contributed by atoms with van der Waals surface area (Å²) in [6, 6.07) is 10.2. The lowest BCUT2D eigenvalue weighted by Crippen LogP contribution is -2.36. The zero-order valence-corrected chi connectivity index (χ0v) is 16.0. The van der Waals surface area contributed by atoms with Crippen LogP contribution in [-0.2, 0) is 19.5 Å². The first-order chi connectivity index (χ1) is 12.8. The van der Waals surface area contributed by atoms with Crippen molar-refractivity contribution in [3.63, 3.8) is 0 Å². The van der Waals surface area contributed by atoms with Crippen molar-refractivity contribution in [2.45, 2.75) is 33.4 Å². The Labute approximate surface area is 158 Å². The number of pyridine rings is 1. The number of rotatable bonds is 7. The van der Waals surface area contributed by atoms with E-state index in [1.54, 1.807) is 17.1 Å². The number of aromatic nitrogens is 3. The first-order valence-corrected chi connectivity index (χ1v) is 9.65. The van der Waals surface area contributed by atoms with Crippen LogP contribution in [0.25, 0.3) is 5.82 Å². The summed E-state index contributed by atoms with van der Waals surface area (Å²) in [5, 5.41) is 10.9. The van der Waals surface area contributed by atoms with Crippen LogP contribution in [0.3, 0.4) is 0 Å². The summed E-state index contributed by atoms with van der Waals surface area (Å²) in [7, 11) is 0. The maximum Gasteiger partial charge on any atom is 0.191 e. The molecule has 0 fully saturated rings. The number of thiophene rings is 1. The Hall–Kier alpha value is -2.67. The molecule has 3 rings (SSSR count). The third-order valence-electron chi connectivity index (χ3n) is 3.81. The second kappa shape index (κ2) is 9.15. The molecule has 0 saturated carbocycles. The molecule has 6 nitrogen and oxygen atoms in total. The van der Waals surface area contributed by atoms with E-state index in [9.17, 15) is 0 Å². The highest BCUT2D eigenvalue weighted by Gasteiger charge is 2.03. The molecule has 0 saturated heterocycles. The molecule has 0 aromatic carbocycles. The highest BCUT2D eigenvalue weighted by Crippen LogP contribution is 2.16. The van der Waals surface area contributed by atoms with Gasteiger partial charge in [-0.3, -0.25) is 0 Å². The van der Waals surface area contributed by atoms with Crippen LogP contribution in [0.2, 0.25) is 0 Å². The smallest absolute Gasteiger partial charge is 0.191 e. The van der Waals surface area contributed by atoms with Crippen LogP contribution in [-0.4, -0.2) is 27.3 Å². The Morgan fingerprint density at radius 3 is 2.77 bits per heavy atom. The lowest BCUT2D eigenvalue weighted by molar-refractivity contribution is 0.819. The maximum absolute atomic E-state index is 4.69. The molecule has 0 spiro atoms. The first kappa shape index (κ1) is 18.1. The second-order valence-electron chi connectivity index (χ2n) is 5.74. The van der Waals surface area contributed by atoms with Gasteiger partial charge in [-0.2, -0.15) is 5.10 Å². The number of aliphatic imine (C=N–C) groups is 1. The first-order valence-electron chi connectivity index (χ1n) is 8.83. The van der Waals surface area contributed by atoms with Crippen molar-refractivity contribution in [2.24, 2.45) is 4.99 Å². The van der Waals surface area contributed by atoms with Gasteiger partial charge >= 0.3 is 0 Å². The molecule has 0 aliphatic heterocycles. The largest absolute Gasteiger partial charge is 0.357 e. The molecule has 0 bridgehead atoms. The number of hydrogen-bond donors (Lipinski definition) is 2. The van der Waals surface area contributed by atoms with Crippen molar-refractivity contribution in [2.75, 3.05) is 6.54 Å². The van der Waals surface area contributed by atoms with Crippen molar-refractivity contribution in [1.82, 2.24) is 25.4 Å². The molecule has 0 amide bonds. The zero-order chi connectivity index (χ0) is 18.2. The SMILES string of the molecule is CCNC(=NCc1ccnc(-n2cccn2)c1)NCc1ccc(CC)s1. The highest BCUT2D eigenvalue weighted by molar-refractivity contribution is 7.11. The Bertz CT molecular complexity index is 837. The van der Waals surface area contributed by atoms with E-state index in [0.29, 0.717) is 6.54 Å². The van der Waals surface area contributed by atoms with Crippen LogP contribution in [0.1, 0.15) is 29.2 Å². The molecule has 0 aliphatic rings. The van der Waals surface area contributed by atoms with Gasteiger partial charge in [-0.15, -0.1) is 11.3 Å². The Morgan fingerprint density at radius 2 is 2.04 bits per heavy atom. The number of nitrogens with zero attached hydrogens (tertiary/aromatic N) is 4. The van der Waals surface area contributed by atoms with Crippen LogP contribution in [0.5, 0.6) is 0 Å². The van der Waals surface area contributed by atoms with Gasteiger partial charge in [0.1, 0.15) is 0 Å². The average Bonchev–Trinajstić information content (AvgIpc) is 3.36. The van der Waals surface area contributed by atoms with Crippen molar-refractivity contribution in [3.05, 3.63) is 64.2 Å². The van der Waals surface area contributed by atoms with Crippen molar-refractivity contribution in [1.29, 1.82) is 0 Å². The molecule has 3 heterocycles. The van der Waals surface area contributed by atoms with E-state index in [0.717, 1.165) is 36.9 Å². The molecule has 3 aromatic heterocycles. The molecule has 0 aliphatic carbocycles. The predicted octanol–water partition coefficient (Wildman–Crippen LogP) is 3.15. The van der Waals surface area contributed by atoms with Gasteiger partial charge in [-0.05, 0) is 49.2 Å². The van der Waals surface area contributed by atoms with E-state index in [1.165, 1.54) is 9.75 Å². The van der Waals surface area contributed by atoms with Gasteiger partial charge in [0, 0.05) is 34.9 Å². The monoisotopic (exact) mass is 368 g/mol. The van der Waals surface area contributed by atoms with E-state index >= 15 is 0 Å². The zero-order valence-electron chi connectivity index (χ0n) is 15.1. The average molecular weight is 369 g/mol. The summed E-state index contributed by atoms with van der Waals surface area (Å²) in [6.07, 6.45) is 6.50. The van der Waals surface area contributed by atoms with Crippen LogP contribution in [0.15, 0.2) is 53.9 Å². The number of aryl methyl sites for hydroxylation is 1. The number of guanidine groups is 1. The van der Waals surface area contributed by atoms with Crippen LogP contribution in [0.4, 0.5) is 0 Å². The summed E-state index contributed by atoms with van der Waals surface area (Å²) in [4.78, 5) is 11.8. The Kier molecular flexibility index (Phi) is 6.38. The molecule has 2 N–H and O–H groups in total. The third-order valence-corrected chi connectivity index (χ3v) is 5.04. The van der Waals surface area contributed by atoms with Gasteiger partial charge in [0.2, 0.25) is 0 Å². The van der Waals surface area contributed by atoms with Gasteiger partial charge in [-0.1, -0.05) is 6.92 Å². The van der Waals surface area contributed by atoms with E-state index in [-0.39, 0.29) is 0 Å². The van der Waals surface area contributed by atoms with Crippen molar-refractivity contribution in [3.8, 4) is 5.82 Å². The molecule has 0 radical (unpaired) electrons. The van der Waals surface area contributed by atoms with Gasteiger partial charge in [0.25, 0.3) is 0 Å². The molecule has 3 aromatic rings. The summed E-state index contributed by atoms with van der Waals surface area (Å²) < 4.78 is 1.75. The van der Waals surface area contributed by atoms with Gasteiger partial charge in [0.05, 0.1) is 13.1 Å². The summed E-state index contributed by atoms with van der Waals surface area (Å²) in [5.41, 5.74) is 1.09. The van der Waals surface area contributed by atoms with Crippen LogP contribution < -0.4 is 10.6 Å². The van der Waals surface area contributed by atoms with Crippen molar-refractivity contribution < 1.29 is 0 Å². The normalized spacial score (nSPS) is 11.5. The topological polar surface area (TPSA) is 67.1 Å². The lowest BCUT2D eigenvalue weighted by atomic mass is 10.2. The summed E-state index contributed by atoms with van der Waals surface area (Å²) in [6.45, 7) is 6.44. The van der Waals surface area contributed by atoms with Crippen molar-refractivity contribution >= 4 is 17.3 Å². The minimum Gasteiger partial charge on any atom is -0.357 e. The van der Waals surface area contributed by atoms with E-state index in [1.807, 2.05) is 35.7 Å². The second-order valence-corrected chi connectivity index (χ2v) is 7.00. The standard InChI is InChI=1S/C19H24N6S/c1-3-16-6-7-17(26-16)14-23-19(20-4-2)22-13-15-8-10-21-18(12-15)25-11-5-9-24-25/h5-12H,3-4,13-14H2,1-2H3,(H2,20,22,23). The van der Waals surface area contributed by atoms with Gasteiger partial charge in [-0.25, -0.2) is 14.7 Å².